The zero-order chi connectivity index (χ0) is 18.6. The Hall–Kier alpha value is -3.06. The van der Waals surface area contributed by atoms with Crippen LogP contribution in [-0.4, -0.2) is 16.5 Å². The molecule has 25 heavy (non-hydrogen) atoms. The van der Waals surface area contributed by atoms with Crippen LogP contribution in [0.3, 0.4) is 0 Å². The number of nitrogens with zero attached hydrogens (tertiary/aromatic N) is 3. The SMILES string of the molecule is CC1(C)CC(=O)C2(C(=O)C1)[C@H](c1ccc([N+](=O)[O-])cc1)C2(C#N)C#N. The first-order chi connectivity index (χ1) is 11.7. The Balaban J connectivity index is 2.12. The summed E-state index contributed by atoms with van der Waals surface area (Å²) in [6.45, 7) is 3.61. The highest BCUT2D eigenvalue weighted by Gasteiger charge is 2.86. The molecule has 1 aromatic carbocycles. The van der Waals surface area contributed by atoms with Crippen LogP contribution in [-0.2, 0) is 9.59 Å². The van der Waals surface area contributed by atoms with E-state index in [1.54, 1.807) is 13.8 Å². The van der Waals surface area contributed by atoms with Crippen LogP contribution in [0.15, 0.2) is 24.3 Å². The van der Waals surface area contributed by atoms with E-state index in [1.807, 2.05) is 12.1 Å². The molecule has 2 aliphatic carbocycles. The Morgan fingerprint density at radius 2 is 1.56 bits per heavy atom. The molecule has 0 aromatic heterocycles. The molecule has 7 heteroatoms. The number of nitro groups is 1. The van der Waals surface area contributed by atoms with Crippen molar-refractivity contribution in [1.29, 1.82) is 10.5 Å². The third kappa shape index (κ3) is 1.96. The fourth-order valence-corrected chi connectivity index (χ4v) is 4.22. The van der Waals surface area contributed by atoms with Crippen LogP contribution in [0, 0.1) is 49.0 Å². The average Bonchev–Trinajstić information content (AvgIpc) is 3.17. The molecule has 0 saturated heterocycles. The lowest BCUT2D eigenvalue weighted by Gasteiger charge is -2.33. The van der Waals surface area contributed by atoms with Crippen molar-refractivity contribution in [2.24, 2.45) is 16.2 Å². The summed E-state index contributed by atoms with van der Waals surface area (Å²) >= 11 is 0. The molecule has 2 aliphatic rings. The summed E-state index contributed by atoms with van der Waals surface area (Å²) in [5.74, 6) is -1.66. The molecule has 3 rings (SSSR count). The predicted octanol–water partition coefficient (Wildman–Crippen LogP) is 2.67. The Morgan fingerprint density at radius 1 is 1.08 bits per heavy atom. The third-order valence-corrected chi connectivity index (χ3v) is 5.35. The molecule has 1 spiro atoms. The van der Waals surface area contributed by atoms with Crippen molar-refractivity contribution >= 4 is 17.3 Å². The molecule has 0 aliphatic heterocycles. The Labute approximate surface area is 144 Å². The van der Waals surface area contributed by atoms with Crippen molar-refractivity contribution < 1.29 is 14.5 Å². The lowest BCUT2D eigenvalue weighted by molar-refractivity contribution is -0.384. The maximum atomic E-state index is 12.9. The monoisotopic (exact) mass is 337 g/mol. The lowest BCUT2D eigenvalue weighted by atomic mass is 9.67. The minimum atomic E-state index is -1.74. The second kappa shape index (κ2) is 4.97. The summed E-state index contributed by atoms with van der Waals surface area (Å²) in [4.78, 5) is 36.0. The molecular weight excluding hydrogens is 322 g/mol. The van der Waals surface area contributed by atoms with Gasteiger partial charge in [-0.2, -0.15) is 10.5 Å². The van der Waals surface area contributed by atoms with E-state index in [0.717, 1.165) is 0 Å². The van der Waals surface area contributed by atoms with Crippen LogP contribution in [0.4, 0.5) is 5.69 Å². The van der Waals surface area contributed by atoms with Crippen LogP contribution in [0.25, 0.3) is 0 Å². The van der Waals surface area contributed by atoms with Gasteiger partial charge in [0.25, 0.3) is 5.69 Å². The topological polar surface area (TPSA) is 125 Å². The van der Waals surface area contributed by atoms with Crippen LogP contribution < -0.4 is 0 Å². The number of carbonyl (C=O) groups is 2. The first-order valence-corrected chi connectivity index (χ1v) is 7.80. The second-order valence-electron chi connectivity index (χ2n) is 7.49. The first-order valence-electron chi connectivity index (χ1n) is 7.80. The smallest absolute Gasteiger partial charge is 0.269 e. The van der Waals surface area contributed by atoms with Crippen LogP contribution in [0.1, 0.15) is 38.2 Å². The van der Waals surface area contributed by atoms with Crippen LogP contribution >= 0.6 is 0 Å². The summed E-state index contributed by atoms with van der Waals surface area (Å²) in [6, 6.07) is 9.14. The standard InChI is InChI=1S/C18H15N3O4/c1-16(2)7-13(22)18(14(23)8-16)15(17(18,9-19)10-20)11-3-5-12(6-4-11)21(24)25/h3-6,15H,7-8H2,1-2H3/t15-/m1/s1. The highest BCUT2D eigenvalue weighted by molar-refractivity contribution is 6.16. The normalized spacial score (nSPS) is 25.0. The summed E-state index contributed by atoms with van der Waals surface area (Å²) < 4.78 is 0. The van der Waals surface area contributed by atoms with E-state index in [-0.39, 0.29) is 30.1 Å². The highest BCUT2D eigenvalue weighted by atomic mass is 16.6. The van der Waals surface area contributed by atoms with Crippen molar-refractivity contribution in [1.82, 2.24) is 0 Å². The van der Waals surface area contributed by atoms with Gasteiger partial charge in [-0.05, 0) is 11.0 Å². The molecule has 2 fully saturated rings. The number of hydrogen-bond donors (Lipinski definition) is 0. The van der Waals surface area contributed by atoms with Crippen molar-refractivity contribution in [3.8, 4) is 12.1 Å². The van der Waals surface area contributed by atoms with E-state index in [1.165, 1.54) is 24.3 Å². The number of nitro benzene ring substituents is 1. The Morgan fingerprint density at radius 3 is 1.96 bits per heavy atom. The van der Waals surface area contributed by atoms with Gasteiger partial charge in [0.1, 0.15) is 17.0 Å². The molecule has 0 bridgehead atoms. The van der Waals surface area contributed by atoms with Gasteiger partial charge in [-0.3, -0.25) is 19.7 Å². The van der Waals surface area contributed by atoms with Gasteiger partial charge in [0.15, 0.2) is 5.41 Å². The summed E-state index contributed by atoms with van der Waals surface area (Å²) in [6.07, 6.45) is 0.237. The van der Waals surface area contributed by atoms with Gasteiger partial charge in [-0.15, -0.1) is 0 Å². The molecule has 126 valence electrons. The number of carbonyl (C=O) groups excluding carboxylic acids is 2. The van der Waals surface area contributed by atoms with Crippen LogP contribution in [0.5, 0.6) is 0 Å². The molecule has 1 aromatic rings. The number of non-ortho nitro benzene ring substituents is 1. The molecule has 2 saturated carbocycles. The van der Waals surface area contributed by atoms with Crippen molar-refractivity contribution in [3.63, 3.8) is 0 Å². The average molecular weight is 337 g/mol. The van der Waals surface area contributed by atoms with E-state index in [4.69, 9.17) is 0 Å². The van der Waals surface area contributed by atoms with Crippen molar-refractivity contribution in [2.75, 3.05) is 0 Å². The van der Waals surface area contributed by atoms with Gasteiger partial charge in [-0.1, -0.05) is 26.0 Å². The van der Waals surface area contributed by atoms with Crippen molar-refractivity contribution in [3.05, 3.63) is 39.9 Å². The molecule has 0 unspecified atom stereocenters. The van der Waals surface area contributed by atoms with Crippen molar-refractivity contribution in [2.45, 2.75) is 32.6 Å². The maximum absolute atomic E-state index is 12.9. The third-order valence-electron chi connectivity index (χ3n) is 5.35. The quantitative estimate of drug-likeness (QED) is 0.464. The fourth-order valence-electron chi connectivity index (χ4n) is 4.22. The number of Topliss-reactive ketones (excluding diaryl/α,β-unsaturated/α-hetero) is 2. The molecule has 7 nitrogen and oxygen atoms in total. The van der Waals surface area contributed by atoms with E-state index in [0.29, 0.717) is 5.56 Å². The molecule has 0 amide bonds. The number of hydrogen-bond acceptors (Lipinski definition) is 6. The minimum Gasteiger partial charge on any atom is -0.298 e. The minimum absolute atomic E-state index is 0.118. The number of nitriles is 2. The summed E-state index contributed by atoms with van der Waals surface area (Å²) in [5, 5.41) is 30.1. The van der Waals surface area contributed by atoms with Crippen LogP contribution in [0.2, 0.25) is 0 Å². The molecule has 0 heterocycles. The van der Waals surface area contributed by atoms with Gasteiger partial charge in [-0.25, -0.2) is 0 Å². The predicted molar refractivity (Wildman–Crippen MR) is 85.0 cm³/mol. The number of benzene rings is 1. The molecule has 1 atom stereocenters. The zero-order valence-electron chi connectivity index (χ0n) is 13.8. The number of rotatable bonds is 2. The Bertz CT molecular complexity index is 852. The van der Waals surface area contributed by atoms with Gasteiger partial charge in [0.05, 0.1) is 17.1 Å². The molecule has 0 radical (unpaired) electrons. The van der Waals surface area contributed by atoms with E-state index >= 15 is 0 Å². The van der Waals surface area contributed by atoms with Gasteiger partial charge in [0.2, 0.25) is 0 Å². The summed E-state index contributed by atoms with van der Waals surface area (Å²) in [7, 11) is 0. The number of ketones is 2. The fraction of sp³-hybridized carbons (Fsp3) is 0.444. The van der Waals surface area contributed by atoms with E-state index in [2.05, 4.69) is 0 Å². The molecule has 0 N–H and O–H groups in total. The first kappa shape index (κ1) is 16.8. The zero-order valence-corrected chi connectivity index (χ0v) is 13.8. The Kier molecular flexibility index (Phi) is 3.34. The summed E-state index contributed by atoms with van der Waals surface area (Å²) in [5.41, 5.74) is -3.61. The van der Waals surface area contributed by atoms with E-state index < -0.39 is 27.1 Å². The largest absolute Gasteiger partial charge is 0.298 e. The van der Waals surface area contributed by atoms with Gasteiger partial charge < -0.3 is 0 Å². The molecular formula is C18H15N3O4. The lowest BCUT2D eigenvalue weighted by Crippen LogP contribution is -2.42. The highest BCUT2D eigenvalue weighted by Crippen LogP contribution is 2.77. The van der Waals surface area contributed by atoms with E-state index in [9.17, 15) is 30.2 Å². The van der Waals surface area contributed by atoms with Gasteiger partial charge >= 0.3 is 0 Å². The van der Waals surface area contributed by atoms with Gasteiger partial charge in [0, 0.05) is 30.9 Å². The second-order valence-corrected chi connectivity index (χ2v) is 7.49. The maximum Gasteiger partial charge on any atom is 0.269 e.